The Balaban J connectivity index is 2.12. The van der Waals surface area contributed by atoms with Gasteiger partial charge in [-0.25, -0.2) is 13.1 Å². The number of rotatable bonds is 3. The van der Waals surface area contributed by atoms with Crippen LogP contribution in [0, 0.1) is 6.92 Å². The molecule has 2 rings (SSSR count). The molecule has 1 aromatic rings. The summed E-state index contributed by atoms with van der Waals surface area (Å²) in [6.07, 6.45) is 1.74. The van der Waals surface area contributed by atoms with Crippen molar-refractivity contribution in [3.05, 3.63) is 15.4 Å². The summed E-state index contributed by atoms with van der Waals surface area (Å²) in [7, 11) is -3.40. The molecular weight excluding hydrogens is 326 g/mol. The monoisotopic (exact) mass is 339 g/mol. The maximum Gasteiger partial charge on any atom is 0.250 e. The lowest BCUT2D eigenvalue weighted by Gasteiger charge is -2.22. The number of hydrogen-bond acceptors (Lipinski definition) is 4. The van der Waals surface area contributed by atoms with Gasteiger partial charge in [0.15, 0.2) is 0 Å². The van der Waals surface area contributed by atoms with Gasteiger partial charge in [-0.05, 0) is 47.3 Å². The molecule has 0 aliphatic carbocycles. The summed E-state index contributed by atoms with van der Waals surface area (Å²) in [6, 6.07) is 1.58. The van der Waals surface area contributed by atoms with Crippen LogP contribution in [0.15, 0.2) is 14.1 Å². The van der Waals surface area contributed by atoms with Crippen LogP contribution in [-0.2, 0) is 14.8 Å². The minimum absolute atomic E-state index is 0.102. The molecular formula is C10H14BrNO3S2. The average Bonchev–Trinajstić information content (AvgIpc) is 2.61. The van der Waals surface area contributed by atoms with Crippen LogP contribution in [0.4, 0.5) is 0 Å². The lowest BCUT2D eigenvalue weighted by molar-refractivity contribution is 0.0774. The Morgan fingerprint density at radius 2 is 2.35 bits per heavy atom. The summed E-state index contributed by atoms with van der Waals surface area (Å²) in [6.45, 7) is 3.07. The third-order valence-electron chi connectivity index (χ3n) is 2.58. The third kappa shape index (κ3) is 3.29. The SMILES string of the molecule is Cc1cc(S(=O)(=O)NC2CCCOC2)sc1Br. The Bertz CT molecular complexity index is 472. The number of hydrogen-bond donors (Lipinski definition) is 1. The quantitative estimate of drug-likeness (QED) is 0.918. The Morgan fingerprint density at radius 1 is 1.59 bits per heavy atom. The second-order valence-electron chi connectivity index (χ2n) is 4.06. The zero-order chi connectivity index (χ0) is 12.5. The Hall–Kier alpha value is 0.0500. The van der Waals surface area contributed by atoms with Gasteiger partial charge in [0, 0.05) is 12.6 Å². The number of aryl methyl sites for hydroxylation is 1. The minimum atomic E-state index is -3.40. The second kappa shape index (κ2) is 5.36. The highest BCUT2D eigenvalue weighted by molar-refractivity contribution is 9.11. The van der Waals surface area contributed by atoms with Crippen LogP contribution < -0.4 is 4.72 Å². The van der Waals surface area contributed by atoms with Crippen molar-refractivity contribution in [2.45, 2.75) is 30.0 Å². The first-order chi connectivity index (χ1) is 7.99. The summed E-state index contributed by atoms with van der Waals surface area (Å²) in [4.78, 5) is 0. The lowest BCUT2D eigenvalue weighted by Crippen LogP contribution is -2.40. The van der Waals surface area contributed by atoms with Gasteiger partial charge in [0.25, 0.3) is 0 Å². The van der Waals surface area contributed by atoms with Crippen LogP contribution >= 0.6 is 27.3 Å². The van der Waals surface area contributed by atoms with Crippen molar-refractivity contribution in [2.24, 2.45) is 0 Å². The molecule has 1 aliphatic heterocycles. The van der Waals surface area contributed by atoms with Crippen molar-refractivity contribution in [3.63, 3.8) is 0 Å². The topological polar surface area (TPSA) is 55.4 Å². The molecule has 0 bridgehead atoms. The third-order valence-corrected chi connectivity index (χ3v) is 6.71. The van der Waals surface area contributed by atoms with Crippen molar-refractivity contribution in [1.82, 2.24) is 4.72 Å². The molecule has 1 saturated heterocycles. The number of thiophene rings is 1. The van der Waals surface area contributed by atoms with Crippen LogP contribution in [0.5, 0.6) is 0 Å². The van der Waals surface area contributed by atoms with Crippen molar-refractivity contribution in [2.75, 3.05) is 13.2 Å². The maximum absolute atomic E-state index is 12.1. The summed E-state index contributed by atoms with van der Waals surface area (Å²) >= 11 is 4.57. The van der Waals surface area contributed by atoms with E-state index in [0.717, 1.165) is 28.8 Å². The molecule has 0 saturated carbocycles. The fourth-order valence-electron chi connectivity index (χ4n) is 1.68. The summed E-state index contributed by atoms with van der Waals surface area (Å²) in [5.74, 6) is 0. The van der Waals surface area contributed by atoms with Crippen LogP contribution in [0.1, 0.15) is 18.4 Å². The molecule has 17 heavy (non-hydrogen) atoms. The zero-order valence-electron chi connectivity index (χ0n) is 9.40. The molecule has 7 heteroatoms. The first-order valence-corrected chi connectivity index (χ1v) is 8.44. The number of nitrogens with one attached hydrogen (secondary N) is 1. The van der Waals surface area contributed by atoms with E-state index in [1.54, 1.807) is 6.07 Å². The summed E-state index contributed by atoms with van der Waals surface area (Å²) in [5, 5.41) is 0. The smallest absolute Gasteiger partial charge is 0.250 e. The highest BCUT2D eigenvalue weighted by Crippen LogP contribution is 2.30. The average molecular weight is 340 g/mol. The molecule has 1 unspecified atom stereocenters. The fourth-order valence-corrected chi connectivity index (χ4v) is 5.17. The van der Waals surface area contributed by atoms with Gasteiger partial charge in [0.2, 0.25) is 10.0 Å². The number of halogens is 1. The normalized spacial score (nSPS) is 21.6. The first-order valence-electron chi connectivity index (χ1n) is 5.35. The minimum Gasteiger partial charge on any atom is -0.380 e. The van der Waals surface area contributed by atoms with E-state index in [2.05, 4.69) is 20.7 Å². The van der Waals surface area contributed by atoms with Crippen LogP contribution in [-0.4, -0.2) is 27.7 Å². The van der Waals surface area contributed by atoms with Gasteiger partial charge in [0.1, 0.15) is 4.21 Å². The van der Waals surface area contributed by atoms with E-state index in [-0.39, 0.29) is 6.04 Å². The molecule has 0 spiro atoms. The molecule has 0 aromatic carbocycles. The van der Waals surface area contributed by atoms with E-state index >= 15 is 0 Å². The van der Waals surface area contributed by atoms with Gasteiger partial charge >= 0.3 is 0 Å². The van der Waals surface area contributed by atoms with Crippen molar-refractivity contribution < 1.29 is 13.2 Å². The molecule has 0 amide bonds. The molecule has 1 fully saturated rings. The standard InChI is InChI=1S/C10H14BrNO3S2/c1-7-5-9(16-10(7)11)17(13,14)12-8-3-2-4-15-6-8/h5,8,12H,2-4,6H2,1H3. The Kier molecular flexibility index (Phi) is 4.25. The molecule has 96 valence electrons. The summed E-state index contributed by atoms with van der Waals surface area (Å²) < 4.78 is 33.3. The van der Waals surface area contributed by atoms with Gasteiger partial charge in [-0.1, -0.05) is 0 Å². The molecule has 2 heterocycles. The molecule has 1 N–H and O–H groups in total. The van der Waals surface area contributed by atoms with Gasteiger partial charge in [-0.2, -0.15) is 0 Å². The summed E-state index contributed by atoms with van der Waals surface area (Å²) in [5.41, 5.74) is 0.940. The predicted octanol–water partition coefficient (Wildman–Crippen LogP) is 2.28. The predicted molar refractivity (Wildman–Crippen MR) is 70.9 cm³/mol. The first kappa shape index (κ1) is 13.5. The van der Waals surface area contributed by atoms with E-state index in [4.69, 9.17) is 4.74 Å². The Labute approximate surface area is 114 Å². The molecule has 4 nitrogen and oxygen atoms in total. The van der Waals surface area contributed by atoms with Gasteiger partial charge in [-0.3, -0.25) is 0 Å². The van der Waals surface area contributed by atoms with E-state index < -0.39 is 10.0 Å². The van der Waals surface area contributed by atoms with Gasteiger partial charge < -0.3 is 4.74 Å². The van der Waals surface area contributed by atoms with Crippen molar-refractivity contribution >= 4 is 37.3 Å². The van der Waals surface area contributed by atoms with E-state index in [1.807, 2.05) is 6.92 Å². The van der Waals surface area contributed by atoms with Gasteiger partial charge in [0.05, 0.1) is 10.4 Å². The van der Waals surface area contributed by atoms with Crippen LogP contribution in [0.25, 0.3) is 0 Å². The lowest BCUT2D eigenvalue weighted by atomic mass is 10.1. The highest BCUT2D eigenvalue weighted by atomic mass is 79.9. The zero-order valence-corrected chi connectivity index (χ0v) is 12.6. The van der Waals surface area contributed by atoms with Crippen LogP contribution in [0.2, 0.25) is 0 Å². The van der Waals surface area contributed by atoms with Crippen molar-refractivity contribution in [1.29, 1.82) is 0 Å². The van der Waals surface area contributed by atoms with E-state index in [9.17, 15) is 8.42 Å². The van der Waals surface area contributed by atoms with Crippen molar-refractivity contribution in [3.8, 4) is 0 Å². The second-order valence-corrected chi connectivity index (χ2v) is 8.37. The number of ether oxygens (including phenoxy) is 1. The Morgan fingerprint density at radius 3 is 2.88 bits per heavy atom. The molecule has 0 radical (unpaired) electrons. The molecule has 1 atom stereocenters. The van der Waals surface area contributed by atoms with E-state index in [1.165, 1.54) is 11.3 Å². The van der Waals surface area contributed by atoms with E-state index in [0.29, 0.717) is 10.8 Å². The highest BCUT2D eigenvalue weighted by Gasteiger charge is 2.24. The van der Waals surface area contributed by atoms with Gasteiger partial charge in [-0.15, -0.1) is 11.3 Å². The molecule has 1 aliphatic rings. The van der Waals surface area contributed by atoms with Crippen LogP contribution in [0.3, 0.4) is 0 Å². The maximum atomic E-state index is 12.1. The largest absolute Gasteiger partial charge is 0.380 e. The molecule has 1 aromatic heterocycles. The number of sulfonamides is 1. The fraction of sp³-hybridized carbons (Fsp3) is 0.600.